The number of fused-ring (bicyclic) bond motifs is 1. The number of ether oxygens (including phenoxy) is 1. The molecule has 3 fully saturated rings. The van der Waals surface area contributed by atoms with Crippen molar-refractivity contribution in [3.63, 3.8) is 0 Å². The number of H-pyrrole nitrogens is 1. The zero-order chi connectivity index (χ0) is 27.1. The van der Waals surface area contributed by atoms with Gasteiger partial charge in [-0.1, -0.05) is 11.2 Å². The summed E-state index contributed by atoms with van der Waals surface area (Å²) in [6.45, 7) is 2.25. The maximum Gasteiger partial charge on any atom is 0.276 e. The lowest BCUT2D eigenvalue weighted by Crippen LogP contribution is -2.40. The number of halogens is 2. The van der Waals surface area contributed by atoms with Crippen molar-refractivity contribution in [2.45, 2.75) is 82.4 Å². The number of alkyl halides is 2. The molecule has 6 rings (SSSR count). The van der Waals surface area contributed by atoms with Gasteiger partial charge in [-0.2, -0.15) is 0 Å². The zero-order valence-electron chi connectivity index (χ0n) is 21.7. The lowest BCUT2D eigenvalue weighted by atomic mass is 9.79. The predicted molar refractivity (Wildman–Crippen MR) is 135 cm³/mol. The Kier molecular flexibility index (Phi) is 6.82. The fourth-order valence-corrected chi connectivity index (χ4v) is 5.73. The van der Waals surface area contributed by atoms with Gasteiger partial charge < -0.3 is 20.4 Å². The van der Waals surface area contributed by atoms with Crippen molar-refractivity contribution in [2.24, 2.45) is 11.8 Å². The van der Waals surface area contributed by atoms with Crippen LogP contribution < -0.4 is 10.6 Å². The van der Waals surface area contributed by atoms with Crippen LogP contribution in [0.2, 0.25) is 0 Å². The molecular weight excluding hydrogens is 510 g/mol. The van der Waals surface area contributed by atoms with E-state index in [2.05, 4.69) is 25.9 Å². The van der Waals surface area contributed by atoms with Gasteiger partial charge in [0.05, 0.1) is 23.2 Å². The molecule has 3 aromatic rings. The van der Waals surface area contributed by atoms with Crippen molar-refractivity contribution in [2.75, 3.05) is 6.61 Å². The second-order valence-corrected chi connectivity index (χ2v) is 11.2. The highest BCUT2D eigenvalue weighted by atomic mass is 19.3. The molecule has 0 bridgehead atoms. The number of carbonyl (C=O) groups is 2. The van der Waals surface area contributed by atoms with Crippen LogP contribution in [0.3, 0.4) is 0 Å². The third kappa shape index (κ3) is 5.66. The molecule has 2 aliphatic carbocycles. The summed E-state index contributed by atoms with van der Waals surface area (Å²) in [7, 11) is 0. The van der Waals surface area contributed by atoms with Crippen LogP contribution in [0, 0.1) is 18.8 Å². The average molecular weight is 543 g/mol. The van der Waals surface area contributed by atoms with Crippen LogP contribution in [0.4, 0.5) is 8.78 Å². The fourth-order valence-electron chi connectivity index (χ4n) is 5.73. The van der Waals surface area contributed by atoms with E-state index in [1.54, 1.807) is 6.92 Å². The molecule has 3 heterocycles. The molecule has 1 aliphatic heterocycles. The summed E-state index contributed by atoms with van der Waals surface area (Å²) in [5, 5.41) is 13.5. The van der Waals surface area contributed by atoms with Crippen LogP contribution in [0.5, 0.6) is 0 Å². The molecule has 10 nitrogen and oxygen atoms in total. The molecular formula is C27H32F2N6O4. The largest absolute Gasteiger partial charge is 0.376 e. The van der Waals surface area contributed by atoms with E-state index < -0.39 is 17.9 Å². The standard InChI is InChI=1S/C27H32F2N6O4/c1-14-22(35-39-34-14)26(37)33-24(20-4-2-3-9-38-20)25-30-18-8-7-17(11-19(18)31-25)23(16-5-6-16)32-21(36)10-15-12-27(28,29)13-15/h7-8,11,15-16,20,23-24H,2-6,9-10,12-13H2,1H3,(H,30,31)(H,32,36)(H,33,37)/t20-,23+,24+/m0/s1. The minimum Gasteiger partial charge on any atom is -0.376 e. The van der Waals surface area contributed by atoms with Crippen molar-refractivity contribution < 1.29 is 27.7 Å². The van der Waals surface area contributed by atoms with Gasteiger partial charge >= 0.3 is 0 Å². The third-order valence-electron chi connectivity index (χ3n) is 7.98. The van der Waals surface area contributed by atoms with Gasteiger partial charge in [-0.3, -0.25) is 9.59 Å². The van der Waals surface area contributed by atoms with E-state index in [4.69, 9.17) is 14.3 Å². The highest BCUT2D eigenvalue weighted by Crippen LogP contribution is 2.45. The molecule has 39 heavy (non-hydrogen) atoms. The number of aromatic nitrogens is 4. The van der Waals surface area contributed by atoms with Crippen molar-refractivity contribution >= 4 is 22.8 Å². The normalized spacial score (nSPS) is 22.7. The van der Waals surface area contributed by atoms with Gasteiger partial charge in [-0.05, 0) is 73.7 Å². The minimum atomic E-state index is -2.63. The summed E-state index contributed by atoms with van der Waals surface area (Å²) in [6.07, 6.45) is 4.14. The van der Waals surface area contributed by atoms with Gasteiger partial charge in [0.25, 0.3) is 5.91 Å². The van der Waals surface area contributed by atoms with Gasteiger partial charge in [0, 0.05) is 25.9 Å². The minimum absolute atomic E-state index is 0.114. The van der Waals surface area contributed by atoms with Crippen LogP contribution in [0.15, 0.2) is 22.8 Å². The molecule has 1 aromatic carbocycles. The van der Waals surface area contributed by atoms with Crippen molar-refractivity contribution in [3.8, 4) is 0 Å². The van der Waals surface area contributed by atoms with E-state index >= 15 is 0 Å². The molecule has 0 spiro atoms. The van der Waals surface area contributed by atoms with Gasteiger partial charge in [-0.15, -0.1) is 0 Å². The SMILES string of the molecule is Cc1nonc1C(=O)N[C@@H](c1nc2ccc([C@H](NC(=O)CC3CC(F)(F)C3)C3CC3)cc2[nH]1)[C@@H]1CCCCO1. The molecule has 2 amide bonds. The zero-order valence-corrected chi connectivity index (χ0v) is 21.7. The highest BCUT2D eigenvalue weighted by molar-refractivity contribution is 5.93. The Balaban J connectivity index is 1.22. The first-order valence-corrected chi connectivity index (χ1v) is 13.6. The number of hydrogen-bond acceptors (Lipinski definition) is 7. The van der Waals surface area contributed by atoms with Crippen LogP contribution in [-0.4, -0.2) is 50.7 Å². The number of benzene rings is 1. The van der Waals surface area contributed by atoms with Gasteiger partial charge in [0.1, 0.15) is 17.6 Å². The smallest absolute Gasteiger partial charge is 0.276 e. The van der Waals surface area contributed by atoms with Crippen molar-refractivity contribution in [3.05, 3.63) is 41.0 Å². The van der Waals surface area contributed by atoms with Crippen molar-refractivity contribution in [1.29, 1.82) is 0 Å². The summed E-state index contributed by atoms with van der Waals surface area (Å²) in [4.78, 5) is 33.8. The molecule has 1 saturated heterocycles. The van der Waals surface area contributed by atoms with E-state index in [9.17, 15) is 18.4 Å². The van der Waals surface area contributed by atoms with E-state index in [0.29, 0.717) is 24.0 Å². The monoisotopic (exact) mass is 542 g/mol. The highest BCUT2D eigenvalue weighted by Gasteiger charge is 2.46. The van der Waals surface area contributed by atoms with Crippen LogP contribution in [0.1, 0.15) is 91.0 Å². The second-order valence-electron chi connectivity index (χ2n) is 11.2. The second kappa shape index (κ2) is 10.3. The molecule has 3 aliphatic rings. The molecule has 12 heteroatoms. The maximum atomic E-state index is 13.2. The van der Waals surface area contributed by atoms with E-state index in [1.807, 2.05) is 18.2 Å². The Hall–Kier alpha value is -3.41. The van der Waals surface area contributed by atoms with Crippen molar-refractivity contribution in [1.82, 2.24) is 30.9 Å². The first-order chi connectivity index (χ1) is 18.8. The molecule has 3 atom stereocenters. The fraction of sp³-hybridized carbons (Fsp3) is 0.593. The number of hydrogen-bond donors (Lipinski definition) is 3. The lowest BCUT2D eigenvalue weighted by molar-refractivity contribution is -0.134. The van der Waals surface area contributed by atoms with Gasteiger partial charge in [0.2, 0.25) is 11.8 Å². The van der Waals surface area contributed by atoms with Crippen LogP contribution >= 0.6 is 0 Å². The number of nitrogens with zero attached hydrogens (tertiary/aromatic N) is 3. The summed E-state index contributed by atoms with van der Waals surface area (Å²) in [5.41, 5.74) is 2.94. The molecule has 3 N–H and O–H groups in total. The summed E-state index contributed by atoms with van der Waals surface area (Å²) in [5.74, 6) is -2.62. The summed E-state index contributed by atoms with van der Waals surface area (Å²) < 4.78 is 37.1. The number of amides is 2. The number of carbonyl (C=O) groups excluding carboxylic acids is 2. The Morgan fingerprint density at radius 1 is 1.13 bits per heavy atom. The molecule has 208 valence electrons. The third-order valence-corrected chi connectivity index (χ3v) is 7.98. The molecule has 2 aromatic heterocycles. The summed E-state index contributed by atoms with van der Waals surface area (Å²) in [6, 6.07) is 5.09. The molecule has 0 unspecified atom stereocenters. The van der Waals surface area contributed by atoms with Gasteiger partial charge in [0.15, 0.2) is 5.69 Å². The molecule has 2 saturated carbocycles. The Morgan fingerprint density at radius 3 is 2.62 bits per heavy atom. The topological polar surface area (TPSA) is 135 Å². The first kappa shape index (κ1) is 25.8. The Labute approximate surface area is 223 Å². The number of nitrogens with one attached hydrogen (secondary N) is 3. The van der Waals surface area contributed by atoms with Gasteiger partial charge in [-0.25, -0.2) is 18.4 Å². The quantitative estimate of drug-likeness (QED) is 0.367. The van der Waals surface area contributed by atoms with E-state index in [0.717, 1.165) is 48.7 Å². The maximum absolute atomic E-state index is 13.2. The first-order valence-electron chi connectivity index (χ1n) is 13.6. The predicted octanol–water partition coefficient (Wildman–Crippen LogP) is 4.30. The molecule has 0 radical (unpaired) electrons. The number of imidazole rings is 1. The number of aromatic amines is 1. The Morgan fingerprint density at radius 2 is 1.95 bits per heavy atom. The van der Waals surface area contributed by atoms with Crippen LogP contribution in [0.25, 0.3) is 11.0 Å². The lowest BCUT2D eigenvalue weighted by Gasteiger charge is -2.34. The number of aryl methyl sites for hydroxylation is 1. The van der Waals surface area contributed by atoms with Crippen LogP contribution in [-0.2, 0) is 9.53 Å². The number of rotatable bonds is 9. The van der Waals surface area contributed by atoms with E-state index in [-0.39, 0.29) is 48.9 Å². The van der Waals surface area contributed by atoms with E-state index in [1.165, 1.54) is 0 Å². The Bertz CT molecular complexity index is 1360. The summed E-state index contributed by atoms with van der Waals surface area (Å²) >= 11 is 0. The average Bonchev–Trinajstić information content (AvgIpc) is 3.50.